The molecule has 0 aromatic heterocycles. The van der Waals surface area contributed by atoms with E-state index in [-0.39, 0.29) is 0 Å². The van der Waals surface area contributed by atoms with Gasteiger partial charge in [0, 0.05) is 0 Å². The van der Waals surface area contributed by atoms with E-state index >= 15 is 0 Å². The molecule has 6 heteroatoms. The van der Waals surface area contributed by atoms with Gasteiger partial charge in [0.2, 0.25) is 0 Å². The second-order valence-corrected chi connectivity index (χ2v) is 3.59. The molecule has 4 N–H and O–H groups in total. The number of ether oxygens (including phenoxy) is 1. The van der Waals surface area contributed by atoms with Crippen LogP contribution in [0.4, 0.5) is 0 Å². The van der Waals surface area contributed by atoms with Gasteiger partial charge in [-0.3, -0.25) is 0 Å². The number of halogens is 1. The summed E-state index contributed by atoms with van der Waals surface area (Å²) in [6.07, 6.45) is -4.35. The molecule has 0 aromatic rings. The van der Waals surface area contributed by atoms with Crippen molar-refractivity contribution in [2.24, 2.45) is 0 Å². The molecule has 0 saturated carbocycles. The van der Waals surface area contributed by atoms with E-state index in [0.717, 1.165) is 0 Å². The Balaban J connectivity index is 2.58. The first kappa shape index (κ1) is 10.4. The zero-order valence-electron chi connectivity index (χ0n) is 6.17. The van der Waals surface area contributed by atoms with Crippen LogP contribution in [0.1, 0.15) is 0 Å². The Labute approximate surface area is 77.7 Å². The molecule has 5 nitrogen and oxygen atoms in total. The van der Waals surface area contributed by atoms with Crippen LogP contribution in [-0.4, -0.2) is 56.5 Å². The predicted octanol–water partition coefficient (Wildman–Crippen LogP) is -1.82. The molecule has 1 saturated heterocycles. The molecule has 1 heterocycles. The molecule has 0 radical (unpaired) electrons. The van der Waals surface area contributed by atoms with E-state index in [9.17, 15) is 5.11 Å². The number of alkyl halides is 1. The molecule has 0 amide bonds. The molecule has 1 fully saturated rings. The smallest absolute Gasteiger partial charge is 0.141 e. The minimum absolute atomic E-state index is 0.506. The van der Waals surface area contributed by atoms with Crippen molar-refractivity contribution in [1.29, 1.82) is 0 Å². The first-order chi connectivity index (χ1) is 5.57. The van der Waals surface area contributed by atoms with Crippen molar-refractivity contribution >= 4 is 15.9 Å². The van der Waals surface area contributed by atoms with Gasteiger partial charge in [-0.05, 0) is 0 Å². The molecule has 5 atom stereocenters. The molecule has 72 valence electrons. The zero-order valence-corrected chi connectivity index (χ0v) is 7.75. The van der Waals surface area contributed by atoms with Crippen LogP contribution in [0.3, 0.4) is 0 Å². The largest absolute Gasteiger partial charge is 0.394 e. The Morgan fingerprint density at radius 3 is 2.25 bits per heavy atom. The highest BCUT2D eigenvalue weighted by Gasteiger charge is 2.44. The van der Waals surface area contributed by atoms with Crippen molar-refractivity contribution in [2.45, 2.75) is 29.4 Å². The maximum absolute atomic E-state index is 9.25. The summed E-state index contributed by atoms with van der Waals surface area (Å²) in [7, 11) is 0. The summed E-state index contributed by atoms with van der Waals surface area (Å²) in [6.45, 7) is -0.506. The fraction of sp³-hybridized carbons (Fsp3) is 1.00. The van der Waals surface area contributed by atoms with Gasteiger partial charge < -0.3 is 25.2 Å². The molecule has 12 heavy (non-hydrogen) atoms. The predicted molar refractivity (Wildman–Crippen MR) is 42.7 cm³/mol. The molecule has 1 unspecified atom stereocenters. The summed E-state index contributed by atoms with van der Waals surface area (Å²) in [6, 6.07) is 0. The van der Waals surface area contributed by atoms with Gasteiger partial charge in [0.1, 0.15) is 29.4 Å². The lowest BCUT2D eigenvalue weighted by molar-refractivity contribution is -0.0707. The summed E-state index contributed by atoms with van der Waals surface area (Å²) in [5, 5.41) is 35.4. The summed E-state index contributed by atoms with van der Waals surface area (Å²) in [5.74, 6) is 0. The maximum Gasteiger partial charge on any atom is 0.141 e. The van der Waals surface area contributed by atoms with E-state index in [1.807, 2.05) is 0 Å². The van der Waals surface area contributed by atoms with E-state index in [1.54, 1.807) is 0 Å². The second-order valence-electron chi connectivity index (χ2n) is 2.68. The Hall–Kier alpha value is 0.280. The Morgan fingerprint density at radius 2 is 1.92 bits per heavy atom. The van der Waals surface area contributed by atoms with Crippen molar-refractivity contribution in [2.75, 3.05) is 6.61 Å². The van der Waals surface area contributed by atoms with Gasteiger partial charge in [-0.1, -0.05) is 15.9 Å². The summed E-state index contributed by atoms with van der Waals surface area (Å²) in [4.78, 5) is 0. The van der Waals surface area contributed by atoms with E-state index < -0.39 is 36.0 Å². The quantitative estimate of drug-likeness (QED) is 0.429. The summed E-state index contributed by atoms with van der Waals surface area (Å²) >= 11 is 2.96. The second kappa shape index (κ2) is 3.99. The number of aliphatic hydroxyl groups excluding tert-OH is 4. The van der Waals surface area contributed by atoms with Crippen LogP contribution >= 0.6 is 15.9 Å². The molecular formula is C6H11BrO5. The number of hydrogen-bond donors (Lipinski definition) is 4. The van der Waals surface area contributed by atoms with Gasteiger partial charge in [-0.15, -0.1) is 0 Å². The van der Waals surface area contributed by atoms with Crippen molar-refractivity contribution in [1.82, 2.24) is 0 Å². The third-order valence-corrected chi connectivity index (χ3v) is 2.57. The van der Waals surface area contributed by atoms with Gasteiger partial charge in [0.05, 0.1) is 6.61 Å². The molecule has 0 spiro atoms. The van der Waals surface area contributed by atoms with Crippen molar-refractivity contribution in [3.05, 3.63) is 0 Å². The van der Waals surface area contributed by atoms with Crippen molar-refractivity contribution in [3.63, 3.8) is 0 Å². The molecule has 1 rings (SSSR count). The fourth-order valence-corrected chi connectivity index (χ4v) is 1.64. The van der Waals surface area contributed by atoms with Gasteiger partial charge >= 0.3 is 0 Å². The Kier molecular flexibility index (Phi) is 3.45. The van der Waals surface area contributed by atoms with Crippen LogP contribution < -0.4 is 0 Å². The summed E-state index contributed by atoms with van der Waals surface area (Å²) in [5.41, 5.74) is 0. The maximum atomic E-state index is 9.25. The Morgan fingerprint density at radius 1 is 1.33 bits per heavy atom. The number of aliphatic hydroxyl groups is 4. The molecule has 0 aliphatic carbocycles. The molecular weight excluding hydrogens is 232 g/mol. The standard InChI is InChI=1S/C6H11BrO5/c7-6-4(11)3(10)5(12-6)2(9)1-8/h2-6,8-11H,1H2/t2-,3-,4-,5+,6?/m1/s1. The third kappa shape index (κ3) is 1.78. The SMILES string of the molecule is OC[C@@H](O)[C@@H]1OC(Br)[C@H](O)[C@H]1O. The Bertz CT molecular complexity index is 155. The van der Waals surface area contributed by atoms with Gasteiger partial charge in [0.15, 0.2) is 0 Å². The first-order valence-corrected chi connectivity index (χ1v) is 4.44. The molecule has 1 aliphatic rings. The van der Waals surface area contributed by atoms with Gasteiger partial charge in [0.25, 0.3) is 0 Å². The fourth-order valence-electron chi connectivity index (χ4n) is 1.08. The lowest BCUT2D eigenvalue weighted by atomic mass is 10.1. The molecule has 0 bridgehead atoms. The highest BCUT2D eigenvalue weighted by atomic mass is 79.9. The highest BCUT2D eigenvalue weighted by Crippen LogP contribution is 2.26. The van der Waals surface area contributed by atoms with Crippen LogP contribution in [0, 0.1) is 0 Å². The van der Waals surface area contributed by atoms with Crippen LogP contribution in [0.2, 0.25) is 0 Å². The number of hydrogen-bond acceptors (Lipinski definition) is 5. The van der Waals surface area contributed by atoms with Crippen LogP contribution in [0.15, 0.2) is 0 Å². The average Bonchev–Trinajstić information content (AvgIpc) is 2.32. The van der Waals surface area contributed by atoms with E-state index in [2.05, 4.69) is 15.9 Å². The first-order valence-electron chi connectivity index (χ1n) is 3.52. The molecule has 0 aromatic carbocycles. The van der Waals surface area contributed by atoms with E-state index in [1.165, 1.54) is 0 Å². The van der Waals surface area contributed by atoms with Crippen molar-refractivity contribution < 1.29 is 25.2 Å². The van der Waals surface area contributed by atoms with Crippen LogP contribution in [0.25, 0.3) is 0 Å². The van der Waals surface area contributed by atoms with Crippen molar-refractivity contribution in [3.8, 4) is 0 Å². The lowest BCUT2D eigenvalue weighted by Gasteiger charge is -2.18. The van der Waals surface area contributed by atoms with E-state index in [4.69, 9.17) is 20.1 Å². The van der Waals surface area contributed by atoms with Gasteiger partial charge in [-0.25, -0.2) is 0 Å². The monoisotopic (exact) mass is 242 g/mol. The third-order valence-electron chi connectivity index (χ3n) is 1.81. The molecule has 1 aliphatic heterocycles. The minimum Gasteiger partial charge on any atom is -0.394 e. The normalized spacial score (nSPS) is 44.8. The average molecular weight is 243 g/mol. The van der Waals surface area contributed by atoms with E-state index in [0.29, 0.717) is 0 Å². The minimum atomic E-state index is -1.17. The zero-order chi connectivity index (χ0) is 9.30. The van der Waals surface area contributed by atoms with Gasteiger partial charge in [-0.2, -0.15) is 0 Å². The summed E-state index contributed by atoms with van der Waals surface area (Å²) < 4.78 is 4.95. The highest BCUT2D eigenvalue weighted by molar-refractivity contribution is 9.09. The number of rotatable bonds is 2. The lowest BCUT2D eigenvalue weighted by Crippen LogP contribution is -2.40. The topological polar surface area (TPSA) is 90.2 Å². The van der Waals surface area contributed by atoms with Crippen LogP contribution in [0.5, 0.6) is 0 Å². The van der Waals surface area contributed by atoms with Crippen LogP contribution in [-0.2, 0) is 4.74 Å².